The summed E-state index contributed by atoms with van der Waals surface area (Å²) < 4.78 is 1.97. The predicted molar refractivity (Wildman–Crippen MR) is 123 cm³/mol. The second-order valence-corrected chi connectivity index (χ2v) is 6.91. The normalized spacial score (nSPS) is 15.7. The van der Waals surface area contributed by atoms with E-state index >= 15 is 0 Å². The molecule has 30 heavy (non-hydrogen) atoms. The number of aryl methyl sites for hydroxylation is 1. The summed E-state index contributed by atoms with van der Waals surface area (Å²) in [5.74, 6) is 1.66. The first-order valence-electron chi connectivity index (χ1n) is 9.39. The van der Waals surface area contributed by atoms with E-state index in [4.69, 9.17) is 0 Å². The summed E-state index contributed by atoms with van der Waals surface area (Å²) >= 11 is 0. The van der Waals surface area contributed by atoms with Crippen molar-refractivity contribution in [3.05, 3.63) is 72.4 Å². The number of hydrogen-bond donors (Lipinski definition) is 1. The molecule has 1 fully saturated rings. The third-order valence-corrected chi connectivity index (χ3v) is 5.14. The van der Waals surface area contributed by atoms with Crippen molar-refractivity contribution in [1.29, 1.82) is 0 Å². The van der Waals surface area contributed by atoms with Crippen molar-refractivity contribution in [3.8, 4) is 0 Å². The molecule has 2 aromatic heterocycles. The van der Waals surface area contributed by atoms with Crippen LogP contribution in [0.2, 0.25) is 0 Å². The monoisotopic (exact) mass is 448 g/mol. The summed E-state index contributed by atoms with van der Waals surface area (Å²) in [4.78, 5) is 26.0. The number of nitrogens with one attached hydrogen (secondary N) is 1. The summed E-state index contributed by atoms with van der Waals surface area (Å²) in [5, 5.41) is 3.36. The van der Waals surface area contributed by atoms with Gasteiger partial charge in [0, 0.05) is 58.0 Å². The Balaban J connectivity index is 0.00000160. The van der Waals surface area contributed by atoms with Gasteiger partial charge in [0.15, 0.2) is 0 Å². The predicted octanol–water partition coefficient (Wildman–Crippen LogP) is 3.21. The molecule has 0 radical (unpaired) electrons. The Morgan fingerprint density at radius 2 is 1.90 bits per heavy atom. The number of nitrogens with zero attached hydrogens (tertiary/aromatic N) is 5. The molecule has 1 aliphatic heterocycles. The molecule has 1 unspecified atom stereocenters. The zero-order valence-electron chi connectivity index (χ0n) is 16.9. The number of pyridine rings is 1. The Morgan fingerprint density at radius 3 is 2.53 bits per heavy atom. The van der Waals surface area contributed by atoms with Crippen molar-refractivity contribution >= 4 is 42.2 Å². The molecule has 3 aromatic rings. The van der Waals surface area contributed by atoms with Crippen LogP contribution < -0.4 is 10.2 Å². The Labute approximate surface area is 188 Å². The van der Waals surface area contributed by atoms with Crippen LogP contribution in [-0.2, 0) is 7.05 Å². The minimum atomic E-state index is -0.0899. The van der Waals surface area contributed by atoms with Crippen molar-refractivity contribution in [2.24, 2.45) is 7.05 Å². The number of carbonyl (C=O) groups excluding carboxylic acids is 1. The van der Waals surface area contributed by atoms with Crippen molar-refractivity contribution in [1.82, 2.24) is 24.8 Å². The minimum Gasteiger partial charge on any atom is -0.336 e. The number of amides is 1. The number of aromatic nitrogens is 3. The molecule has 0 bridgehead atoms. The Kier molecular flexibility index (Phi) is 8.23. The van der Waals surface area contributed by atoms with E-state index < -0.39 is 0 Å². The van der Waals surface area contributed by atoms with Crippen LogP contribution in [-0.4, -0.2) is 52.0 Å². The summed E-state index contributed by atoms with van der Waals surface area (Å²) in [5.41, 5.74) is 1.64. The second-order valence-electron chi connectivity index (χ2n) is 6.91. The number of rotatable bonds is 4. The molecular formula is C21H26Cl2N6O. The smallest absolute Gasteiger partial charge is 0.256 e. The average molecular weight is 449 g/mol. The van der Waals surface area contributed by atoms with Crippen molar-refractivity contribution < 1.29 is 4.79 Å². The van der Waals surface area contributed by atoms with Crippen LogP contribution in [0, 0.1) is 0 Å². The summed E-state index contributed by atoms with van der Waals surface area (Å²) in [6.45, 7) is 2.11. The van der Waals surface area contributed by atoms with Crippen molar-refractivity contribution in [3.63, 3.8) is 0 Å². The molecule has 9 heteroatoms. The average Bonchev–Trinajstić information content (AvgIpc) is 3.19. The lowest BCUT2D eigenvalue weighted by atomic mass is 10.1. The third kappa shape index (κ3) is 4.75. The first-order chi connectivity index (χ1) is 13.6. The molecule has 0 spiro atoms. The van der Waals surface area contributed by atoms with Gasteiger partial charge >= 0.3 is 0 Å². The molecule has 3 heterocycles. The van der Waals surface area contributed by atoms with Crippen LogP contribution in [0.25, 0.3) is 0 Å². The van der Waals surface area contributed by atoms with Crippen molar-refractivity contribution in [2.45, 2.75) is 6.04 Å². The molecule has 1 N–H and O–H groups in total. The fourth-order valence-corrected chi connectivity index (χ4v) is 3.54. The number of anilines is 2. The maximum absolute atomic E-state index is 13.2. The standard InChI is InChI=1S/C21H24N6O.2ClH/c1-25-12-11-23-20(25)18-15-22-10-13-27(18)21(28)16-8-9-19(24-14-16)26(2)17-6-4-3-5-7-17;;/h3-9,11-12,14,18,22H,10,13,15H2,1-2H3;2*1H. The summed E-state index contributed by atoms with van der Waals surface area (Å²) in [6.07, 6.45) is 5.33. The van der Waals surface area contributed by atoms with Gasteiger partial charge in [-0.2, -0.15) is 0 Å². The van der Waals surface area contributed by atoms with Crippen LogP contribution in [0.15, 0.2) is 61.1 Å². The highest BCUT2D eigenvalue weighted by molar-refractivity contribution is 5.94. The molecule has 4 rings (SSSR count). The molecular weight excluding hydrogens is 423 g/mol. The van der Waals surface area contributed by atoms with E-state index in [1.807, 2.05) is 77.1 Å². The van der Waals surface area contributed by atoms with Crippen LogP contribution in [0.5, 0.6) is 0 Å². The first-order valence-corrected chi connectivity index (χ1v) is 9.39. The van der Waals surface area contributed by atoms with Gasteiger partial charge in [0.05, 0.1) is 5.56 Å². The Hall–Kier alpha value is -2.61. The highest BCUT2D eigenvalue weighted by Gasteiger charge is 2.31. The van der Waals surface area contributed by atoms with Gasteiger partial charge in [0.2, 0.25) is 0 Å². The largest absolute Gasteiger partial charge is 0.336 e. The topological polar surface area (TPSA) is 66.3 Å². The molecule has 0 aliphatic carbocycles. The van der Waals surface area contributed by atoms with E-state index in [-0.39, 0.29) is 36.8 Å². The lowest BCUT2D eigenvalue weighted by molar-refractivity contribution is 0.0620. The number of carbonyl (C=O) groups is 1. The summed E-state index contributed by atoms with van der Waals surface area (Å²) in [6, 6.07) is 13.7. The zero-order valence-corrected chi connectivity index (χ0v) is 18.6. The summed E-state index contributed by atoms with van der Waals surface area (Å²) in [7, 11) is 3.92. The van der Waals surface area contributed by atoms with E-state index in [1.54, 1.807) is 12.4 Å². The van der Waals surface area contributed by atoms with Gasteiger partial charge in [0.25, 0.3) is 5.91 Å². The van der Waals surface area contributed by atoms with E-state index in [0.29, 0.717) is 18.7 Å². The SMILES string of the molecule is CN(c1ccccc1)c1ccc(C(=O)N2CCNCC2c2nccn2C)cn1.Cl.Cl. The van der Waals surface area contributed by atoms with Crippen LogP contribution in [0.1, 0.15) is 22.2 Å². The van der Waals surface area contributed by atoms with Gasteiger partial charge < -0.3 is 19.7 Å². The Morgan fingerprint density at radius 1 is 1.13 bits per heavy atom. The van der Waals surface area contributed by atoms with E-state index in [2.05, 4.69) is 15.3 Å². The highest BCUT2D eigenvalue weighted by Crippen LogP contribution is 2.24. The number of hydrogen-bond acceptors (Lipinski definition) is 5. The Bertz CT molecular complexity index is 948. The van der Waals surface area contributed by atoms with Gasteiger partial charge in [-0.05, 0) is 24.3 Å². The molecule has 1 amide bonds. The van der Waals surface area contributed by atoms with Crippen LogP contribution >= 0.6 is 24.8 Å². The van der Waals surface area contributed by atoms with Crippen molar-refractivity contribution in [2.75, 3.05) is 31.6 Å². The maximum Gasteiger partial charge on any atom is 0.256 e. The molecule has 1 aromatic carbocycles. The van der Waals surface area contributed by atoms with Gasteiger partial charge in [-0.15, -0.1) is 24.8 Å². The number of para-hydroxylation sites is 1. The van der Waals surface area contributed by atoms with Gasteiger partial charge in [0.1, 0.15) is 17.7 Å². The quantitative estimate of drug-likeness (QED) is 0.663. The van der Waals surface area contributed by atoms with Crippen LogP contribution in [0.3, 0.4) is 0 Å². The third-order valence-electron chi connectivity index (χ3n) is 5.14. The number of piperazine rings is 1. The van der Waals surface area contributed by atoms with E-state index in [9.17, 15) is 4.79 Å². The lowest BCUT2D eigenvalue weighted by Crippen LogP contribution is -2.49. The van der Waals surface area contributed by atoms with E-state index in [1.165, 1.54) is 0 Å². The number of imidazole rings is 1. The molecule has 7 nitrogen and oxygen atoms in total. The molecule has 0 saturated carbocycles. The molecule has 1 aliphatic rings. The van der Waals surface area contributed by atoms with Gasteiger partial charge in [-0.1, -0.05) is 18.2 Å². The molecule has 1 atom stereocenters. The fourth-order valence-electron chi connectivity index (χ4n) is 3.54. The van der Waals surface area contributed by atoms with Gasteiger partial charge in [-0.3, -0.25) is 4.79 Å². The first kappa shape index (κ1) is 23.7. The number of halogens is 2. The molecule has 1 saturated heterocycles. The van der Waals surface area contributed by atoms with Crippen LogP contribution in [0.4, 0.5) is 11.5 Å². The molecule has 160 valence electrons. The highest BCUT2D eigenvalue weighted by atomic mass is 35.5. The van der Waals surface area contributed by atoms with Gasteiger partial charge in [-0.25, -0.2) is 9.97 Å². The maximum atomic E-state index is 13.2. The van der Waals surface area contributed by atoms with E-state index in [0.717, 1.165) is 23.9 Å². The number of benzene rings is 1. The fraction of sp³-hybridized carbons (Fsp3) is 0.286. The zero-order chi connectivity index (χ0) is 19.5. The lowest BCUT2D eigenvalue weighted by Gasteiger charge is -2.35. The second kappa shape index (κ2) is 10.4. The minimum absolute atomic E-state index is 0.